The summed E-state index contributed by atoms with van der Waals surface area (Å²) < 4.78 is 1.79. The van der Waals surface area contributed by atoms with E-state index in [9.17, 15) is 4.79 Å². The minimum Gasteiger partial charge on any atom is -0.398 e. The topological polar surface area (TPSA) is 72.9 Å². The number of nitrogens with one attached hydrogen (secondary N) is 1. The van der Waals surface area contributed by atoms with Crippen LogP contribution in [0.2, 0.25) is 0 Å². The first kappa shape index (κ1) is 15.4. The van der Waals surface area contributed by atoms with Crippen LogP contribution in [0.1, 0.15) is 18.2 Å². The van der Waals surface area contributed by atoms with Crippen molar-refractivity contribution in [3.8, 4) is 0 Å². The maximum Gasteiger partial charge on any atom is 0.237 e. The zero-order chi connectivity index (χ0) is 15.6. The molecular formula is C15H20N4OS. The first-order chi connectivity index (χ1) is 9.88. The standard InChI is InChI=1S/C15H20N4OS/c1-9-8-14(19(4)18-9)21-11(3)15(20)17-13-7-5-6-12(16)10(13)2/h5-8,11H,16H2,1-4H3,(H,17,20). The molecule has 2 rings (SSSR count). The van der Waals surface area contributed by atoms with Crippen LogP contribution in [-0.4, -0.2) is 20.9 Å². The number of benzene rings is 1. The monoisotopic (exact) mass is 304 g/mol. The number of anilines is 2. The third kappa shape index (κ3) is 3.58. The second kappa shape index (κ2) is 6.22. The van der Waals surface area contributed by atoms with E-state index in [1.807, 2.05) is 52.1 Å². The number of amides is 1. The minimum absolute atomic E-state index is 0.0486. The van der Waals surface area contributed by atoms with E-state index in [-0.39, 0.29) is 11.2 Å². The number of rotatable bonds is 4. The molecule has 0 fully saturated rings. The van der Waals surface area contributed by atoms with Crippen LogP contribution in [-0.2, 0) is 11.8 Å². The summed E-state index contributed by atoms with van der Waals surface area (Å²) in [7, 11) is 1.88. The van der Waals surface area contributed by atoms with Crippen molar-refractivity contribution in [2.75, 3.05) is 11.1 Å². The molecule has 0 saturated heterocycles. The van der Waals surface area contributed by atoms with Gasteiger partial charge in [-0.15, -0.1) is 0 Å². The molecule has 1 heterocycles. The predicted octanol–water partition coefficient (Wildman–Crippen LogP) is 2.74. The lowest BCUT2D eigenvalue weighted by Crippen LogP contribution is -2.23. The molecule has 2 aromatic rings. The molecule has 112 valence electrons. The third-order valence-electron chi connectivity index (χ3n) is 3.26. The van der Waals surface area contributed by atoms with Crippen molar-refractivity contribution < 1.29 is 4.79 Å². The number of aromatic nitrogens is 2. The molecule has 0 aliphatic carbocycles. The predicted molar refractivity (Wildman–Crippen MR) is 87.5 cm³/mol. The third-order valence-corrected chi connectivity index (χ3v) is 4.45. The van der Waals surface area contributed by atoms with Crippen molar-refractivity contribution in [3.63, 3.8) is 0 Å². The lowest BCUT2D eigenvalue weighted by molar-refractivity contribution is -0.115. The van der Waals surface area contributed by atoms with Crippen molar-refractivity contribution in [1.29, 1.82) is 0 Å². The Morgan fingerprint density at radius 3 is 2.76 bits per heavy atom. The fraction of sp³-hybridized carbons (Fsp3) is 0.333. The van der Waals surface area contributed by atoms with Crippen LogP contribution >= 0.6 is 11.8 Å². The Morgan fingerprint density at radius 2 is 2.14 bits per heavy atom. The van der Waals surface area contributed by atoms with E-state index in [0.29, 0.717) is 5.69 Å². The number of nitrogens with zero attached hydrogens (tertiary/aromatic N) is 2. The molecule has 1 atom stereocenters. The van der Waals surface area contributed by atoms with Gasteiger partial charge in [0, 0.05) is 18.4 Å². The van der Waals surface area contributed by atoms with Crippen molar-refractivity contribution in [2.45, 2.75) is 31.0 Å². The summed E-state index contributed by atoms with van der Waals surface area (Å²) in [5, 5.41) is 7.96. The zero-order valence-electron chi connectivity index (χ0n) is 12.7. The molecule has 1 aromatic carbocycles. The SMILES string of the molecule is Cc1cc(SC(C)C(=O)Nc2cccc(N)c2C)n(C)n1. The largest absolute Gasteiger partial charge is 0.398 e. The van der Waals surface area contributed by atoms with E-state index in [1.165, 1.54) is 11.8 Å². The Balaban J connectivity index is 2.06. The summed E-state index contributed by atoms with van der Waals surface area (Å²) in [6.45, 7) is 5.71. The van der Waals surface area contributed by atoms with Crippen LogP contribution in [0.3, 0.4) is 0 Å². The average molecular weight is 304 g/mol. The maximum absolute atomic E-state index is 12.3. The first-order valence-electron chi connectivity index (χ1n) is 6.71. The molecule has 5 nitrogen and oxygen atoms in total. The average Bonchev–Trinajstić information content (AvgIpc) is 2.73. The number of aryl methyl sites for hydroxylation is 2. The van der Waals surface area contributed by atoms with E-state index in [0.717, 1.165) is 22.0 Å². The molecule has 6 heteroatoms. The Bertz CT molecular complexity index is 666. The smallest absolute Gasteiger partial charge is 0.237 e. The molecule has 0 aliphatic rings. The molecule has 21 heavy (non-hydrogen) atoms. The lowest BCUT2D eigenvalue weighted by Gasteiger charge is -2.14. The number of thioether (sulfide) groups is 1. The Kier molecular flexibility index (Phi) is 4.57. The van der Waals surface area contributed by atoms with Gasteiger partial charge in [0.25, 0.3) is 0 Å². The highest BCUT2D eigenvalue weighted by Gasteiger charge is 2.17. The normalized spacial score (nSPS) is 12.2. The van der Waals surface area contributed by atoms with Gasteiger partial charge in [-0.2, -0.15) is 5.10 Å². The molecule has 3 N–H and O–H groups in total. The van der Waals surface area contributed by atoms with Crippen LogP contribution in [0.25, 0.3) is 0 Å². The summed E-state index contributed by atoms with van der Waals surface area (Å²) >= 11 is 1.49. The molecule has 0 bridgehead atoms. The molecule has 0 spiro atoms. The number of hydrogen-bond donors (Lipinski definition) is 2. The minimum atomic E-state index is -0.222. The summed E-state index contributed by atoms with van der Waals surface area (Å²) in [6, 6.07) is 7.48. The highest BCUT2D eigenvalue weighted by molar-refractivity contribution is 8.00. The molecular weight excluding hydrogens is 284 g/mol. The van der Waals surface area contributed by atoms with E-state index < -0.39 is 0 Å². The quantitative estimate of drug-likeness (QED) is 0.673. The van der Waals surface area contributed by atoms with Gasteiger partial charge < -0.3 is 11.1 Å². The summed E-state index contributed by atoms with van der Waals surface area (Å²) in [4.78, 5) is 12.3. The summed E-state index contributed by atoms with van der Waals surface area (Å²) in [6.07, 6.45) is 0. The van der Waals surface area contributed by atoms with Crippen LogP contribution in [0.4, 0.5) is 11.4 Å². The molecule has 1 unspecified atom stereocenters. The molecule has 1 amide bonds. The van der Waals surface area contributed by atoms with Gasteiger partial charge in [0.15, 0.2) is 0 Å². The van der Waals surface area contributed by atoms with Crippen molar-refractivity contribution in [2.24, 2.45) is 7.05 Å². The highest BCUT2D eigenvalue weighted by atomic mass is 32.2. The van der Waals surface area contributed by atoms with Gasteiger partial charge in [-0.05, 0) is 44.5 Å². The van der Waals surface area contributed by atoms with E-state index in [1.54, 1.807) is 4.68 Å². The molecule has 0 radical (unpaired) electrons. The maximum atomic E-state index is 12.3. The fourth-order valence-electron chi connectivity index (χ4n) is 1.96. The van der Waals surface area contributed by atoms with Gasteiger partial charge in [-0.1, -0.05) is 17.8 Å². The Morgan fingerprint density at radius 1 is 1.43 bits per heavy atom. The highest BCUT2D eigenvalue weighted by Crippen LogP contribution is 2.26. The Hall–Kier alpha value is -1.95. The first-order valence-corrected chi connectivity index (χ1v) is 7.59. The second-order valence-corrected chi connectivity index (χ2v) is 6.38. The molecule has 1 aromatic heterocycles. The van der Waals surface area contributed by atoms with Crippen molar-refractivity contribution in [1.82, 2.24) is 9.78 Å². The van der Waals surface area contributed by atoms with Gasteiger partial charge >= 0.3 is 0 Å². The molecule has 0 aliphatic heterocycles. The van der Waals surface area contributed by atoms with Crippen LogP contribution in [0.5, 0.6) is 0 Å². The van der Waals surface area contributed by atoms with Crippen LogP contribution in [0.15, 0.2) is 29.3 Å². The van der Waals surface area contributed by atoms with Gasteiger partial charge in [-0.3, -0.25) is 9.48 Å². The number of nitrogen functional groups attached to an aromatic ring is 1. The van der Waals surface area contributed by atoms with Crippen LogP contribution < -0.4 is 11.1 Å². The van der Waals surface area contributed by atoms with Gasteiger partial charge in [0.1, 0.15) is 0 Å². The van der Waals surface area contributed by atoms with Crippen molar-refractivity contribution in [3.05, 3.63) is 35.5 Å². The number of carbonyl (C=O) groups is 1. The van der Waals surface area contributed by atoms with E-state index in [2.05, 4.69) is 10.4 Å². The number of hydrogen-bond acceptors (Lipinski definition) is 4. The molecule has 0 saturated carbocycles. The van der Waals surface area contributed by atoms with Gasteiger partial charge in [-0.25, -0.2) is 0 Å². The Labute approximate surface area is 128 Å². The number of nitrogens with two attached hydrogens (primary N) is 1. The fourth-order valence-corrected chi connectivity index (χ4v) is 2.92. The van der Waals surface area contributed by atoms with Crippen LogP contribution in [0, 0.1) is 13.8 Å². The van der Waals surface area contributed by atoms with Crippen molar-refractivity contribution >= 4 is 29.0 Å². The lowest BCUT2D eigenvalue weighted by atomic mass is 10.1. The summed E-state index contributed by atoms with van der Waals surface area (Å²) in [5.41, 5.74) is 9.12. The summed E-state index contributed by atoms with van der Waals surface area (Å²) in [5.74, 6) is -0.0486. The number of carbonyl (C=O) groups excluding carboxylic acids is 1. The zero-order valence-corrected chi connectivity index (χ0v) is 13.5. The van der Waals surface area contributed by atoms with Gasteiger partial charge in [0.05, 0.1) is 16.0 Å². The van der Waals surface area contributed by atoms with E-state index >= 15 is 0 Å². The van der Waals surface area contributed by atoms with Gasteiger partial charge in [0.2, 0.25) is 5.91 Å². The van der Waals surface area contributed by atoms with E-state index in [4.69, 9.17) is 5.73 Å². The second-order valence-electron chi connectivity index (χ2n) is 5.02.